The summed E-state index contributed by atoms with van der Waals surface area (Å²) < 4.78 is 0. The second kappa shape index (κ2) is 27.7. The van der Waals surface area contributed by atoms with E-state index in [4.69, 9.17) is 5.73 Å². The average Bonchev–Trinajstić information content (AvgIpc) is 2.81. The van der Waals surface area contributed by atoms with Crippen LogP contribution in [0.5, 0.6) is 0 Å². The molecular weight excluding hydrogens is 406 g/mol. The number of hydrogen-bond acceptors (Lipinski definition) is 2. The third-order valence-electron chi connectivity index (χ3n) is 7.26. The molecule has 0 saturated heterocycles. The molecule has 1 unspecified atom stereocenters. The van der Waals surface area contributed by atoms with Crippen LogP contribution in [-0.4, -0.2) is 17.6 Å². The molecule has 0 fully saturated rings. The lowest BCUT2D eigenvalue weighted by atomic mass is 9.94. The third-order valence-corrected chi connectivity index (χ3v) is 7.26. The van der Waals surface area contributed by atoms with Crippen LogP contribution < -0.4 is 5.73 Å². The highest BCUT2D eigenvalue weighted by Gasteiger charge is 2.16. The van der Waals surface area contributed by atoms with Crippen molar-refractivity contribution in [3.8, 4) is 0 Å². The van der Waals surface area contributed by atoms with Gasteiger partial charge in [-0.3, -0.25) is 4.79 Å². The molecule has 0 aliphatic rings. The molecule has 3 nitrogen and oxygen atoms in total. The topological polar surface area (TPSA) is 63.3 Å². The zero-order chi connectivity index (χ0) is 24.2. The van der Waals surface area contributed by atoms with Crippen molar-refractivity contribution in [3.05, 3.63) is 0 Å². The number of hydrogen-bond donors (Lipinski definition) is 2. The molecule has 0 radical (unpaired) electrons. The fourth-order valence-corrected chi connectivity index (χ4v) is 4.93. The smallest absolute Gasteiger partial charge is 0.306 e. The number of carboxylic acid groups (broad SMARTS) is 1. The Morgan fingerprint density at radius 1 is 0.515 bits per heavy atom. The van der Waals surface area contributed by atoms with E-state index in [2.05, 4.69) is 6.92 Å². The molecule has 0 aromatic heterocycles. The molecule has 3 heteroatoms. The first-order valence-electron chi connectivity index (χ1n) is 15.1. The molecule has 0 rings (SSSR count). The van der Waals surface area contributed by atoms with Crippen LogP contribution in [0, 0.1) is 5.92 Å². The second-order valence-electron chi connectivity index (χ2n) is 10.5. The van der Waals surface area contributed by atoms with Crippen LogP contribution in [0.25, 0.3) is 0 Å². The Morgan fingerprint density at radius 2 is 0.788 bits per heavy atom. The van der Waals surface area contributed by atoms with Crippen LogP contribution in [0.15, 0.2) is 0 Å². The van der Waals surface area contributed by atoms with E-state index in [0.717, 1.165) is 38.6 Å². The summed E-state index contributed by atoms with van der Waals surface area (Å²) in [5.74, 6) is -0.682. The molecular formula is C30H61NO2. The third kappa shape index (κ3) is 25.9. The molecule has 1 atom stereocenters. The summed E-state index contributed by atoms with van der Waals surface area (Å²) in [7, 11) is 0. The molecule has 0 spiro atoms. The molecule has 0 aliphatic heterocycles. The first-order chi connectivity index (χ1) is 16.2. The van der Waals surface area contributed by atoms with Gasteiger partial charge in [0.1, 0.15) is 0 Å². The number of carbonyl (C=O) groups is 1. The number of nitrogens with two attached hydrogens (primary N) is 1. The highest BCUT2D eigenvalue weighted by molar-refractivity contribution is 5.69. The maximum Gasteiger partial charge on any atom is 0.306 e. The lowest BCUT2D eigenvalue weighted by Gasteiger charge is -2.12. The molecule has 3 N–H and O–H groups in total. The predicted molar refractivity (Wildman–Crippen MR) is 146 cm³/mol. The van der Waals surface area contributed by atoms with Crippen molar-refractivity contribution in [2.75, 3.05) is 6.54 Å². The van der Waals surface area contributed by atoms with E-state index in [1.807, 2.05) is 0 Å². The summed E-state index contributed by atoms with van der Waals surface area (Å²) in [6.07, 6.45) is 33.5. The van der Waals surface area contributed by atoms with E-state index < -0.39 is 5.97 Å². The van der Waals surface area contributed by atoms with Gasteiger partial charge in [0.25, 0.3) is 0 Å². The van der Waals surface area contributed by atoms with E-state index in [-0.39, 0.29) is 5.92 Å². The van der Waals surface area contributed by atoms with Crippen molar-refractivity contribution in [2.24, 2.45) is 11.7 Å². The van der Waals surface area contributed by atoms with Crippen LogP contribution in [0.1, 0.15) is 174 Å². The van der Waals surface area contributed by atoms with Gasteiger partial charge in [0, 0.05) is 0 Å². The maximum atomic E-state index is 11.5. The second-order valence-corrected chi connectivity index (χ2v) is 10.5. The zero-order valence-electron chi connectivity index (χ0n) is 22.6. The molecule has 0 heterocycles. The van der Waals surface area contributed by atoms with Crippen molar-refractivity contribution in [2.45, 2.75) is 174 Å². The molecule has 0 aromatic carbocycles. The SMILES string of the molecule is CCCCCCCCCCCCCCCCCCC(CCCCCCCCCCN)C(=O)O. The lowest BCUT2D eigenvalue weighted by molar-refractivity contribution is -0.142. The first-order valence-corrected chi connectivity index (χ1v) is 15.1. The molecule has 0 aliphatic carbocycles. The highest BCUT2D eigenvalue weighted by atomic mass is 16.4. The van der Waals surface area contributed by atoms with Crippen molar-refractivity contribution in [1.29, 1.82) is 0 Å². The summed E-state index contributed by atoms with van der Waals surface area (Å²) in [5.41, 5.74) is 5.52. The van der Waals surface area contributed by atoms with Crippen LogP contribution >= 0.6 is 0 Å². The monoisotopic (exact) mass is 467 g/mol. The maximum absolute atomic E-state index is 11.5. The summed E-state index contributed by atoms with van der Waals surface area (Å²) >= 11 is 0. The molecule has 0 saturated carbocycles. The Balaban J connectivity index is 3.38. The summed E-state index contributed by atoms with van der Waals surface area (Å²) in [6.45, 7) is 3.10. The van der Waals surface area contributed by atoms with E-state index in [1.165, 1.54) is 135 Å². The number of unbranched alkanes of at least 4 members (excludes halogenated alkanes) is 22. The van der Waals surface area contributed by atoms with Crippen molar-refractivity contribution < 1.29 is 9.90 Å². The number of carboxylic acids is 1. The van der Waals surface area contributed by atoms with Crippen LogP contribution in [-0.2, 0) is 4.79 Å². The average molecular weight is 468 g/mol. The van der Waals surface area contributed by atoms with Gasteiger partial charge in [0.2, 0.25) is 0 Å². The Morgan fingerprint density at radius 3 is 1.06 bits per heavy atom. The van der Waals surface area contributed by atoms with Crippen LogP contribution in [0.4, 0.5) is 0 Å². The predicted octanol–water partition coefficient (Wildman–Crippen LogP) is 9.81. The summed E-state index contributed by atoms with van der Waals surface area (Å²) in [5, 5.41) is 9.51. The van der Waals surface area contributed by atoms with Crippen LogP contribution in [0.3, 0.4) is 0 Å². The van der Waals surface area contributed by atoms with E-state index in [9.17, 15) is 9.90 Å². The normalized spacial score (nSPS) is 12.3. The van der Waals surface area contributed by atoms with Crippen LogP contribution in [0.2, 0.25) is 0 Å². The van der Waals surface area contributed by atoms with Gasteiger partial charge in [-0.1, -0.05) is 155 Å². The molecule has 33 heavy (non-hydrogen) atoms. The zero-order valence-corrected chi connectivity index (χ0v) is 22.6. The minimum atomic E-state index is -0.572. The summed E-state index contributed by atoms with van der Waals surface area (Å²) in [6, 6.07) is 0. The fourth-order valence-electron chi connectivity index (χ4n) is 4.93. The Hall–Kier alpha value is -0.570. The van der Waals surface area contributed by atoms with Gasteiger partial charge in [-0.25, -0.2) is 0 Å². The Bertz CT molecular complexity index is 385. The van der Waals surface area contributed by atoms with E-state index in [0.29, 0.717) is 0 Å². The van der Waals surface area contributed by atoms with Gasteiger partial charge in [0.15, 0.2) is 0 Å². The number of rotatable bonds is 28. The van der Waals surface area contributed by atoms with Crippen molar-refractivity contribution in [1.82, 2.24) is 0 Å². The standard InChI is InChI=1S/C30H61NO2/c1-2-3-4-5-6-7-8-9-10-11-12-13-14-17-20-23-26-29(30(32)33)27-24-21-18-15-16-19-22-25-28-31/h29H,2-28,31H2,1H3,(H,32,33). The lowest BCUT2D eigenvalue weighted by Crippen LogP contribution is -2.13. The van der Waals surface area contributed by atoms with Gasteiger partial charge in [0.05, 0.1) is 5.92 Å². The fraction of sp³-hybridized carbons (Fsp3) is 0.967. The molecule has 198 valence electrons. The molecule has 0 bridgehead atoms. The molecule has 0 aromatic rings. The van der Waals surface area contributed by atoms with Gasteiger partial charge >= 0.3 is 5.97 Å². The highest BCUT2D eigenvalue weighted by Crippen LogP contribution is 2.20. The minimum absolute atomic E-state index is 0.110. The van der Waals surface area contributed by atoms with Gasteiger partial charge < -0.3 is 10.8 Å². The Labute approximate surface area is 208 Å². The van der Waals surface area contributed by atoms with Gasteiger partial charge in [-0.05, 0) is 25.8 Å². The minimum Gasteiger partial charge on any atom is -0.481 e. The Kier molecular flexibility index (Phi) is 27.2. The molecule has 0 amide bonds. The summed E-state index contributed by atoms with van der Waals surface area (Å²) in [4.78, 5) is 11.5. The quantitative estimate of drug-likeness (QED) is 0.112. The largest absolute Gasteiger partial charge is 0.481 e. The first kappa shape index (κ1) is 32.4. The van der Waals surface area contributed by atoms with Gasteiger partial charge in [-0.15, -0.1) is 0 Å². The van der Waals surface area contributed by atoms with E-state index >= 15 is 0 Å². The van der Waals surface area contributed by atoms with Gasteiger partial charge in [-0.2, -0.15) is 0 Å². The van der Waals surface area contributed by atoms with Crippen molar-refractivity contribution >= 4 is 5.97 Å². The number of aliphatic carboxylic acids is 1. The van der Waals surface area contributed by atoms with E-state index in [1.54, 1.807) is 0 Å². The van der Waals surface area contributed by atoms with Crippen molar-refractivity contribution in [3.63, 3.8) is 0 Å².